The third-order valence-corrected chi connectivity index (χ3v) is 2.14. The van der Waals surface area contributed by atoms with Crippen LogP contribution in [0.5, 0.6) is 5.75 Å². The molecule has 2 heterocycles. The molecule has 80 valence electrons. The number of rotatable bonds is 2. The van der Waals surface area contributed by atoms with E-state index in [1.165, 1.54) is 0 Å². The molecule has 2 aromatic heterocycles. The van der Waals surface area contributed by atoms with E-state index in [-0.39, 0.29) is 5.75 Å². The average molecular weight is 212 g/mol. The fourth-order valence-corrected chi connectivity index (χ4v) is 1.33. The van der Waals surface area contributed by atoms with Gasteiger partial charge in [0.15, 0.2) is 0 Å². The van der Waals surface area contributed by atoms with Crippen LogP contribution in [0.1, 0.15) is 17.1 Å². The second kappa shape index (κ2) is 4.57. The SMILES string of the molecule is Cc1ccc(O)c(/C=C/c2ccccn2)n1. The van der Waals surface area contributed by atoms with Gasteiger partial charge in [0.25, 0.3) is 0 Å². The van der Waals surface area contributed by atoms with Crippen molar-refractivity contribution in [1.82, 2.24) is 9.97 Å². The summed E-state index contributed by atoms with van der Waals surface area (Å²) in [6.45, 7) is 1.89. The molecule has 0 saturated heterocycles. The number of hydrogen-bond acceptors (Lipinski definition) is 3. The molecule has 16 heavy (non-hydrogen) atoms. The van der Waals surface area contributed by atoms with Gasteiger partial charge in [0.05, 0.1) is 5.69 Å². The lowest BCUT2D eigenvalue weighted by atomic mass is 10.2. The molecule has 0 amide bonds. The van der Waals surface area contributed by atoms with Crippen LogP contribution < -0.4 is 0 Å². The Bertz CT molecular complexity index is 507. The van der Waals surface area contributed by atoms with Crippen LogP contribution in [0.3, 0.4) is 0 Å². The zero-order chi connectivity index (χ0) is 11.4. The molecule has 0 bridgehead atoms. The van der Waals surface area contributed by atoms with Crippen molar-refractivity contribution < 1.29 is 5.11 Å². The van der Waals surface area contributed by atoms with E-state index >= 15 is 0 Å². The first-order chi connectivity index (χ1) is 7.75. The van der Waals surface area contributed by atoms with E-state index in [0.29, 0.717) is 5.69 Å². The molecule has 2 rings (SSSR count). The van der Waals surface area contributed by atoms with Crippen molar-refractivity contribution in [2.75, 3.05) is 0 Å². The number of aromatic hydroxyl groups is 1. The highest BCUT2D eigenvalue weighted by Crippen LogP contribution is 2.17. The zero-order valence-corrected chi connectivity index (χ0v) is 8.96. The van der Waals surface area contributed by atoms with Crippen molar-refractivity contribution in [3.8, 4) is 5.75 Å². The Kier molecular flexibility index (Phi) is 2.96. The summed E-state index contributed by atoms with van der Waals surface area (Å²) in [6, 6.07) is 9.08. The Morgan fingerprint density at radius 1 is 1.12 bits per heavy atom. The molecule has 0 spiro atoms. The van der Waals surface area contributed by atoms with Gasteiger partial charge in [-0.2, -0.15) is 0 Å². The molecule has 0 aromatic carbocycles. The molecule has 0 saturated carbocycles. The molecule has 0 atom stereocenters. The van der Waals surface area contributed by atoms with Gasteiger partial charge in [-0.3, -0.25) is 4.98 Å². The lowest BCUT2D eigenvalue weighted by molar-refractivity contribution is 0.471. The first-order valence-corrected chi connectivity index (χ1v) is 5.01. The van der Waals surface area contributed by atoms with Crippen molar-refractivity contribution in [3.05, 3.63) is 53.6 Å². The van der Waals surface area contributed by atoms with Gasteiger partial charge in [-0.15, -0.1) is 0 Å². The van der Waals surface area contributed by atoms with Gasteiger partial charge in [-0.05, 0) is 43.3 Å². The third kappa shape index (κ3) is 2.45. The van der Waals surface area contributed by atoms with Crippen LogP contribution >= 0.6 is 0 Å². The molecule has 0 fully saturated rings. The molecule has 0 aliphatic rings. The predicted octanol–water partition coefficient (Wildman–Crippen LogP) is 2.66. The molecule has 2 aromatic rings. The molecule has 3 heteroatoms. The molecule has 0 aliphatic heterocycles. The van der Waals surface area contributed by atoms with Crippen molar-refractivity contribution >= 4 is 12.2 Å². The van der Waals surface area contributed by atoms with Crippen LogP contribution in [0.4, 0.5) is 0 Å². The Labute approximate surface area is 94.1 Å². The fourth-order valence-electron chi connectivity index (χ4n) is 1.33. The smallest absolute Gasteiger partial charge is 0.141 e. The first-order valence-electron chi connectivity index (χ1n) is 5.01. The van der Waals surface area contributed by atoms with Gasteiger partial charge in [-0.1, -0.05) is 6.07 Å². The van der Waals surface area contributed by atoms with Gasteiger partial charge in [0, 0.05) is 11.9 Å². The van der Waals surface area contributed by atoms with Gasteiger partial charge >= 0.3 is 0 Å². The van der Waals surface area contributed by atoms with Gasteiger partial charge in [0.2, 0.25) is 0 Å². The largest absolute Gasteiger partial charge is 0.506 e. The topological polar surface area (TPSA) is 46.0 Å². The second-order valence-electron chi connectivity index (χ2n) is 3.44. The van der Waals surface area contributed by atoms with E-state index in [9.17, 15) is 5.11 Å². The summed E-state index contributed by atoms with van der Waals surface area (Å²) in [7, 11) is 0. The summed E-state index contributed by atoms with van der Waals surface area (Å²) >= 11 is 0. The van der Waals surface area contributed by atoms with E-state index < -0.39 is 0 Å². The minimum absolute atomic E-state index is 0.179. The first kappa shape index (κ1) is 10.4. The monoisotopic (exact) mass is 212 g/mol. The number of nitrogens with zero attached hydrogens (tertiary/aromatic N) is 2. The quantitative estimate of drug-likeness (QED) is 0.832. The van der Waals surface area contributed by atoms with E-state index in [1.807, 2.05) is 31.2 Å². The summed E-state index contributed by atoms with van der Waals surface area (Å²) in [4.78, 5) is 8.37. The highest BCUT2D eigenvalue weighted by Gasteiger charge is 1.98. The van der Waals surface area contributed by atoms with Crippen LogP contribution in [0.2, 0.25) is 0 Å². The van der Waals surface area contributed by atoms with E-state index in [4.69, 9.17) is 0 Å². The van der Waals surface area contributed by atoms with Gasteiger partial charge < -0.3 is 5.11 Å². The minimum atomic E-state index is 0.179. The molecule has 3 nitrogen and oxygen atoms in total. The van der Waals surface area contributed by atoms with Crippen molar-refractivity contribution in [1.29, 1.82) is 0 Å². The van der Waals surface area contributed by atoms with E-state index in [1.54, 1.807) is 24.4 Å². The van der Waals surface area contributed by atoms with Crippen molar-refractivity contribution in [2.24, 2.45) is 0 Å². The van der Waals surface area contributed by atoms with Crippen molar-refractivity contribution in [3.63, 3.8) is 0 Å². The van der Waals surface area contributed by atoms with Crippen LogP contribution in [0.15, 0.2) is 36.5 Å². The van der Waals surface area contributed by atoms with Crippen LogP contribution in [0, 0.1) is 6.92 Å². The maximum atomic E-state index is 9.58. The normalized spacial score (nSPS) is 10.8. The highest BCUT2D eigenvalue weighted by molar-refractivity contribution is 5.68. The Hall–Kier alpha value is -2.16. The lowest BCUT2D eigenvalue weighted by Gasteiger charge is -1.99. The Balaban J connectivity index is 2.27. The number of hydrogen-bond donors (Lipinski definition) is 1. The van der Waals surface area contributed by atoms with Crippen LogP contribution in [-0.2, 0) is 0 Å². The molecule has 0 unspecified atom stereocenters. The van der Waals surface area contributed by atoms with E-state index in [0.717, 1.165) is 11.4 Å². The maximum absolute atomic E-state index is 9.58. The van der Waals surface area contributed by atoms with Gasteiger partial charge in [-0.25, -0.2) is 4.98 Å². The van der Waals surface area contributed by atoms with Crippen LogP contribution in [0.25, 0.3) is 12.2 Å². The number of aromatic nitrogens is 2. The summed E-state index contributed by atoms with van der Waals surface area (Å²) < 4.78 is 0. The lowest BCUT2D eigenvalue weighted by Crippen LogP contribution is -1.85. The minimum Gasteiger partial charge on any atom is -0.506 e. The average Bonchev–Trinajstić information content (AvgIpc) is 2.32. The summed E-state index contributed by atoms with van der Waals surface area (Å²) in [5.41, 5.74) is 2.27. The van der Waals surface area contributed by atoms with E-state index in [2.05, 4.69) is 9.97 Å². The molecular formula is C13H12N2O. The standard InChI is InChI=1S/C13H12N2O/c1-10-5-8-13(16)12(15-10)7-6-11-4-2-3-9-14-11/h2-9,16H,1H3/b7-6+. The molecule has 0 aliphatic carbocycles. The third-order valence-electron chi connectivity index (χ3n) is 2.14. The van der Waals surface area contributed by atoms with Crippen LogP contribution in [-0.4, -0.2) is 15.1 Å². The van der Waals surface area contributed by atoms with Crippen molar-refractivity contribution in [2.45, 2.75) is 6.92 Å². The Morgan fingerprint density at radius 3 is 2.75 bits per heavy atom. The maximum Gasteiger partial charge on any atom is 0.141 e. The zero-order valence-electron chi connectivity index (χ0n) is 8.96. The molecule has 1 N–H and O–H groups in total. The highest BCUT2D eigenvalue weighted by atomic mass is 16.3. The number of pyridine rings is 2. The molecule has 0 radical (unpaired) electrons. The predicted molar refractivity (Wildman–Crippen MR) is 63.8 cm³/mol. The fraction of sp³-hybridized carbons (Fsp3) is 0.0769. The summed E-state index contributed by atoms with van der Waals surface area (Å²) in [5, 5.41) is 9.58. The second-order valence-corrected chi connectivity index (χ2v) is 3.44. The summed E-state index contributed by atoms with van der Waals surface area (Å²) in [6.07, 6.45) is 5.30. The van der Waals surface area contributed by atoms with Gasteiger partial charge in [0.1, 0.15) is 11.4 Å². The summed E-state index contributed by atoms with van der Waals surface area (Å²) in [5.74, 6) is 0.179. The Morgan fingerprint density at radius 2 is 2.00 bits per heavy atom. The molecular weight excluding hydrogens is 200 g/mol. The number of aryl methyl sites for hydroxylation is 1.